The van der Waals surface area contributed by atoms with Crippen LogP contribution in [0, 0.1) is 11.6 Å². The molecule has 0 radical (unpaired) electrons. The van der Waals surface area contributed by atoms with E-state index < -0.39 is 11.6 Å². The van der Waals surface area contributed by atoms with Crippen LogP contribution in [-0.4, -0.2) is 104 Å². The number of carbonyl (C=O) groups excluding carboxylic acids is 3. The molecule has 0 bridgehead atoms. The van der Waals surface area contributed by atoms with E-state index in [4.69, 9.17) is 9.47 Å². The number of nitrogens with one attached hydrogen (secondary N) is 1. The predicted molar refractivity (Wildman–Crippen MR) is 139 cm³/mol. The highest BCUT2D eigenvalue weighted by atomic mass is 19.1. The van der Waals surface area contributed by atoms with Crippen LogP contribution >= 0.6 is 0 Å². The molecule has 2 aromatic rings. The first-order valence-corrected chi connectivity index (χ1v) is 13.1. The fraction of sp³-hybridized carbons (Fsp3) is 0.444. The largest absolute Gasteiger partial charge is 0.444 e. The molecule has 0 spiro atoms. The van der Waals surface area contributed by atoms with Gasteiger partial charge in [0.25, 0.3) is 5.91 Å². The lowest BCUT2D eigenvalue weighted by Gasteiger charge is -2.36. The summed E-state index contributed by atoms with van der Waals surface area (Å²) in [7, 11) is 0. The fourth-order valence-corrected chi connectivity index (χ4v) is 4.91. The molecule has 12 heteroatoms. The molecule has 3 saturated heterocycles. The van der Waals surface area contributed by atoms with Gasteiger partial charge in [-0.05, 0) is 36.4 Å². The highest BCUT2D eigenvalue weighted by Gasteiger charge is 2.28. The van der Waals surface area contributed by atoms with Crippen LogP contribution in [0.25, 0.3) is 0 Å². The SMILES string of the molecule is O=C(Nc1ccc(N2CCN(C(=O)OC3CCOC3)CC2)c(F)c1)N1CCN(C(=O)c2cccc(F)c2)CC1. The zero-order chi connectivity index (χ0) is 27.4. The molecule has 1 N–H and O–H groups in total. The quantitative estimate of drug-likeness (QED) is 0.638. The number of piperazine rings is 2. The zero-order valence-electron chi connectivity index (χ0n) is 21.5. The van der Waals surface area contributed by atoms with Crippen molar-refractivity contribution in [3.8, 4) is 0 Å². The van der Waals surface area contributed by atoms with Crippen LogP contribution in [-0.2, 0) is 9.47 Å². The summed E-state index contributed by atoms with van der Waals surface area (Å²) < 4.78 is 39.1. The van der Waals surface area contributed by atoms with Gasteiger partial charge in [-0.1, -0.05) is 6.07 Å². The molecular weight excluding hydrogens is 512 g/mol. The molecule has 0 aromatic heterocycles. The topological polar surface area (TPSA) is 94.7 Å². The van der Waals surface area contributed by atoms with Gasteiger partial charge in [-0.2, -0.15) is 0 Å². The molecule has 0 saturated carbocycles. The van der Waals surface area contributed by atoms with Gasteiger partial charge < -0.3 is 34.4 Å². The van der Waals surface area contributed by atoms with E-state index in [-0.39, 0.29) is 29.7 Å². The molecule has 39 heavy (non-hydrogen) atoms. The number of halogens is 2. The maximum absolute atomic E-state index is 15.0. The average Bonchev–Trinajstić information content (AvgIpc) is 3.46. The minimum Gasteiger partial charge on any atom is -0.444 e. The second-order valence-electron chi connectivity index (χ2n) is 9.73. The van der Waals surface area contributed by atoms with E-state index in [1.165, 1.54) is 24.3 Å². The van der Waals surface area contributed by atoms with Crippen LogP contribution in [0.3, 0.4) is 0 Å². The van der Waals surface area contributed by atoms with Crippen molar-refractivity contribution in [1.29, 1.82) is 0 Å². The number of amides is 4. The smallest absolute Gasteiger partial charge is 0.410 e. The minimum absolute atomic E-state index is 0.206. The van der Waals surface area contributed by atoms with Crippen LogP contribution < -0.4 is 10.2 Å². The molecule has 3 heterocycles. The van der Waals surface area contributed by atoms with E-state index in [9.17, 15) is 23.2 Å². The third-order valence-electron chi connectivity index (χ3n) is 7.16. The third kappa shape index (κ3) is 6.39. The molecule has 3 aliphatic heterocycles. The van der Waals surface area contributed by atoms with Gasteiger partial charge in [-0.3, -0.25) is 4.79 Å². The normalized spacial score (nSPS) is 19.7. The van der Waals surface area contributed by atoms with E-state index in [2.05, 4.69) is 5.32 Å². The van der Waals surface area contributed by atoms with E-state index in [0.29, 0.717) is 83.4 Å². The molecule has 5 rings (SSSR count). The third-order valence-corrected chi connectivity index (χ3v) is 7.16. The molecule has 10 nitrogen and oxygen atoms in total. The Labute approximate surface area is 225 Å². The number of ether oxygens (including phenoxy) is 2. The molecule has 4 amide bonds. The molecule has 2 aromatic carbocycles. The van der Waals surface area contributed by atoms with E-state index in [0.717, 1.165) is 0 Å². The summed E-state index contributed by atoms with van der Waals surface area (Å²) in [4.78, 5) is 44.3. The van der Waals surface area contributed by atoms with Crippen LogP contribution in [0.15, 0.2) is 42.5 Å². The van der Waals surface area contributed by atoms with Crippen molar-refractivity contribution in [2.75, 3.05) is 75.8 Å². The van der Waals surface area contributed by atoms with Gasteiger partial charge >= 0.3 is 12.1 Å². The molecule has 0 aliphatic carbocycles. The van der Waals surface area contributed by atoms with Gasteiger partial charge in [0.15, 0.2) is 0 Å². The summed E-state index contributed by atoms with van der Waals surface area (Å²) in [6, 6.07) is 9.66. The molecule has 1 atom stereocenters. The van der Waals surface area contributed by atoms with Crippen LogP contribution in [0.1, 0.15) is 16.8 Å². The van der Waals surface area contributed by atoms with E-state index in [1.807, 2.05) is 4.90 Å². The maximum atomic E-state index is 15.0. The monoisotopic (exact) mass is 543 g/mol. The first-order chi connectivity index (χ1) is 18.9. The van der Waals surface area contributed by atoms with Crippen molar-refractivity contribution < 1.29 is 32.6 Å². The average molecular weight is 544 g/mol. The number of carbonyl (C=O) groups is 3. The van der Waals surface area contributed by atoms with Crippen molar-refractivity contribution in [3.63, 3.8) is 0 Å². The molecule has 3 aliphatic rings. The molecule has 3 fully saturated rings. The van der Waals surface area contributed by atoms with Crippen molar-refractivity contribution >= 4 is 29.4 Å². The summed E-state index contributed by atoms with van der Waals surface area (Å²) in [5.41, 5.74) is 0.985. The summed E-state index contributed by atoms with van der Waals surface area (Å²) in [6.45, 7) is 3.98. The predicted octanol–water partition coefficient (Wildman–Crippen LogP) is 3.00. The van der Waals surface area contributed by atoms with E-state index >= 15 is 0 Å². The Balaban J connectivity index is 1.09. The van der Waals surface area contributed by atoms with E-state index in [1.54, 1.807) is 32.9 Å². The second-order valence-corrected chi connectivity index (χ2v) is 9.73. The highest BCUT2D eigenvalue weighted by Crippen LogP contribution is 2.25. The maximum Gasteiger partial charge on any atom is 0.410 e. The summed E-state index contributed by atoms with van der Waals surface area (Å²) >= 11 is 0. The first-order valence-electron chi connectivity index (χ1n) is 13.1. The molecule has 208 valence electrons. The van der Waals surface area contributed by atoms with Gasteiger partial charge in [0.05, 0.1) is 18.9 Å². The Kier molecular flexibility index (Phi) is 8.10. The summed E-state index contributed by atoms with van der Waals surface area (Å²) in [6.07, 6.45) is 0.122. The fourth-order valence-electron chi connectivity index (χ4n) is 4.91. The van der Waals surface area contributed by atoms with Gasteiger partial charge in [0.2, 0.25) is 0 Å². The lowest BCUT2D eigenvalue weighted by Crippen LogP contribution is -2.51. The molecular formula is C27H31F2N5O5. The summed E-state index contributed by atoms with van der Waals surface area (Å²) in [5, 5.41) is 2.72. The first kappa shape index (κ1) is 26.7. The standard InChI is InChI=1S/C27H31F2N5O5/c28-20-3-1-2-19(16-20)25(35)32-9-11-33(12-10-32)26(36)30-21-4-5-24(23(29)17-21)31-7-13-34(14-8-31)27(37)39-22-6-15-38-18-22/h1-5,16-17,22H,6-15,18H2,(H,30,36). The summed E-state index contributed by atoms with van der Waals surface area (Å²) in [5.74, 6) is -1.24. The second kappa shape index (κ2) is 11.9. The zero-order valence-corrected chi connectivity index (χ0v) is 21.5. The van der Waals surface area contributed by atoms with Crippen molar-refractivity contribution in [1.82, 2.24) is 14.7 Å². The number of rotatable bonds is 4. The Morgan fingerprint density at radius 2 is 1.59 bits per heavy atom. The lowest BCUT2D eigenvalue weighted by atomic mass is 10.2. The number of benzene rings is 2. The van der Waals surface area contributed by atoms with Crippen molar-refractivity contribution in [3.05, 3.63) is 59.7 Å². The molecule has 1 unspecified atom stereocenters. The lowest BCUT2D eigenvalue weighted by molar-refractivity contribution is 0.0533. The van der Waals surface area contributed by atoms with Gasteiger partial charge in [-0.15, -0.1) is 0 Å². The Morgan fingerprint density at radius 3 is 2.26 bits per heavy atom. The minimum atomic E-state index is -0.477. The van der Waals surface area contributed by atoms with Crippen LogP contribution in [0.2, 0.25) is 0 Å². The highest BCUT2D eigenvalue weighted by molar-refractivity contribution is 5.94. The van der Waals surface area contributed by atoms with Gasteiger partial charge in [0.1, 0.15) is 17.7 Å². The van der Waals surface area contributed by atoms with Gasteiger partial charge in [-0.25, -0.2) is 18.4 Å². The van der Waals surface area contributed by atoms with Crippen LogP contribution in [0.4, 0.5) is 29.7 Å². The number of hydrogen-bond acceptors (Lipinski definition) is 6. The van der Waals surface area contributed by atoms with Crippen molar-refractivity contribution in [2.24, 2.45) is 0 Å². The number of anilines is 2. The van der Waals surface area contributed by atoms with Crippen LogP contribution in [0.5, 0.6) is 0 Å². The number of nitrogens with zero attached hydrogens (tertiary/aromatic N) is 4. The Bertz CT molecular complexity index is 1210. The number of hydrogen-bond donors (Lipinski definition) is 1. The Morgan fingerprint density at radius 1 is 0.872 bits per heavy atom. The number of urea groups is 1. The van der Waals surface area contributed by atoms with Gasteiger partial charge in [0, 0.05) is 70.0 Å². The Hall–Kier alpha value is -3.93. The van der Waals surface area contributed by atoms with Crippen molar-refractivity contribution in [2.45, 2.75) is 12.5 Å².